The molecule has 1 saturated heterocycles. The van der Waals surface area contributed by atoms with E-state index in [-0.39, 0.29) is 35.1 Å². The van der Waals surface area contributed by atoms with Gasteiger partial charge in [-0.3, -0.25) is 10.1 Å². The van der Waals surface area contributed by atoms with Crippen molar-refractivity contribution in [3.05, 3.63) is 47.2 Å². The molecule has 0 spiro atoms. The summed E-state index contributed by atoms with van der Waals surface area (Å²) in [5.74, 6) is -2.83. The van der Waals surface area contributed by atoms with Crippen LogP contribution in [0.15, 0.2) is 18.3 Å². The molecule has 4 heterocycles. The minimum Gasteiger partial charge on any atom is -0.463 e. The normalized spacial score (nSPS) is 16.9. The summed E-state index contributed by atoms with van der Waals surface area (Å²) in [6.45, 7) is 13.6. The molecular formula is C27H38F3N7O4Si. The number of ether oxygens (including phenoxy) is 3. The lowest BCUT2D eigenvalue weighted by Crippen LogP contribution is -2.52. The first-order valence-corrected chi connectivity index (χ1v) is 16.5. The second-order valence-corrected chi connectivity index (χ2v) is 16.4. The number of nitrogens with one attached hydrogen (secondary N) is 2. The van der Waals surface area contributed by atoms with Gasteiger partial charge in [-0.15, -0.1) is 0 Å². The molecule has 11 nitrogen and oxygen atoms in total. The van der Waals surface area contributed by atoms with Gasteiger partial charge in [0.2, 0.25) is 11.8 Å². The topological polar surface area (TPSA) is 120 Å². The van der Waals surface area contributed by atoms with Crippen LogP contribution in [-0.4, -0.2) is 79.6 Å². The zero-order chi connectivity index (χ0) is 30.7. The predicted molar refractivity (Wildman–Crippen MR) is 153 cm³/mol. The minimum atomic E-state index is -2.12. The van der Waals surface area contributed by atoms with Gasteiger partial charge in [0.05, 0.1) is 38.7 Å². The fourth-order valence-electron chi connectivity index (χ4n) is 4.05. The van der Waals surface area contributed by atoms with Crippen LogP contribution in [0.5, 0.6) is 5.88 Å². The van der Waals surface area contributed by atoms with Crippen LogP contribution < -0.4 is 15.0 Å². The van der Waals surface area contributed by atoms with E-state index >= 15 is 4.39 Å². The van der Waals surface area contributed by atoms with Gasteiger partial charge < -0.3 is 28.9 Å². The van der Waals surface area contributed by atoms with Crippen LogP contribution in [0, 0.1) is 24.4 Å². The van der Waals surface area contributed by atoms with Gasteiger partial charge in [-0.1, -0.05) is 20.8 Å². The number of pyridine rings is 1. The monoisotopic (exact) mass is 609 g/mol. The maximum absolute atomic E-state index is 16.3. The lowest BCUT2D eigenvalue weighted by Gasteiger charge is -2.41. The van der Waals surface area contributed by atoms with Gasteiger partial charge in [-0.25, -0.2) is 8.78 Å². The van der Waals surface area contributed by atoms with Gasteiger partial charge in [0, 0.05) is 31.5 Å². The molecule has 3 aromatic rings. The van der Waals surface area contributed by atoms with Crippen molar-refractivity contribution in [1.29, 1.82) is 0 Å². The maximum Gasteiger partial charge on any atom is 0.258 e. The van der Waals surface area contributed by atoms with Crippen molar-refractivity contribution < 1.29 is 31.8 Å². The molecule has 1 unspecified atom stereocenters. The first kappa shape index (κ1) is 31.7. The van der Waals surface area contributed by atoms with Crippen molar-refractivity contribution in [1.82, 2.24) is 25.1 Å². The molecule has 1 aliphatic heterocycles. The van der Waals surface area contributed by atoms with Gasteiger partial charge in [0.25, 0.3) is 5.88 Å². The van der Waals surface area contributed by atoms with E-state index in [1.54, 1.807) is 11.0 Å². The van der Waals surface area contributed by atoms with E-state index < -0.39 is 37.8 Å². The first-order valence-electron chi connectivity index (χ1n) is 13.6. The van der Waals surface area contributed by atoms with Crippen molar-refractivity contribution in [2.45, 2.75) is 58.0 Å². The molecule has 15 heteroatoms. The molecule has 3 aromatic heterocycles. The number of aryl methyl sites for hydroxylation is 1. The quantitative estimate of drug-likeness (QED) is 0.286. The van der Waals surface area contributed by atoms with Gasteiger partial charge in [0.1, 0.15) is 11.5 Å². The summed E-state index contributed by atoms with van der Waals surface area (Å²) in [5.41, 5.74) is 0.521. The van der Waals surface area contributed by atoms with Gasteiger partial charge in [-0.05, 0) is 25.1 Å². The molecule has 0 bridgehead atoms. The van der Waals surface area contributed by atoms with Crippen LogP contribution in [0.1, 0.15) is 38.3 Å². The van der Waals surface area contributed by atoms with Crippen LogP contribution in [0.3, 0.4) is 0 Å². The lowest BCUT2D eigenvalue weighted by molar-refractivity contribution is 0.0678. The third-order valence-corrected chi connectivity index (χ3v) is 11.9. The Bertz CT molecular complexity index is 1370. The molecule has 0 amide bonds. The summed E-state index contributed by atoms with van der Waals surface area (Å²) in [6.07, 6.45) is -0.393. The van der Waals surface area contributed by atoms with E-state index in [2.05, 4.69) is 64.3 Å². The van der Waals surface area contributed by atoms with Crippen LogP contribution in [0.4, 0.5) is 30.8 Å². The van der Waals surface area contributed by atoms with Crippen molar-refractivity contribution in [2.75, 3.05) is 50.3 Å². The van der Waals surface area contributed by atoms with Crippen LogP contribution in [0.2, 0.25) is 18.1 Å². The van der Waals surface area contributed by atoms with Crippen LogP contribution >= 0.6 is 0 Å². The summed E-state index contributed by atoms with van der Waals surface area (Å²) in [6, 6.07) is 2.05. The van der Waals surface area contributed by atoms with E-state index in [4.69, 9.17) is 18.6 Å². The van der Waals surface area contributed by atoms with Crippen molar-refractivity contribution in [3.63, 3.8) is 0 Å². The molecule has 0 saturated carbocycles. The zero-order valence-corrected chi connectivity index (χ0v) is 25.9. The summed E-state index contributed by atoms with van der Waals surface area (Å²) in [7, 11) is -0.754. The molecular weight excluding hydrogens is 571 g/mol. The highest BCUT2D eigenvalue weighted by atomic mass is 28.4. The number of nitrogens with zero attached hydrogens (tertiary/aromatic N) is 5. The molecule has 230 valence electrons. The molecule has 1 fully saturated rings. The Hall–Kier alpha value is -3.27. The number of aromatic amines is 1. The summed E-state index contributed by atoms with van der Waals surface area (Å²) >= 11 is 0. The molecule has 2 atom stereocenters. The standard InChI is InChI=1S/C27H38F3N7O4Si/c1-16-10-21(36-35-16)32-26-33-24(37-8-9-39-13-18(37)14-40-42(6,7)27(2,3)4)22(30)25(34-26)41-20(15-38-5)23-19(29)11-17(28)12-31-23/h10-12,18,20H,8-9,13-15H2,1-7H3,(H2,32,33,34,35,36)/t18?,20-/m1/s1. The number of methoxy groups -OCH3 is 1. The number of halogens is 3. The predicted octanol–water partition coefficient (Wildman–Crippen LogP) is 5.06. The fraction of sp³-hybridized carbons (Fsp3) is 0.556. The highest BCUT2D eigenvalue weighted by Gasteiger charge is 2.39. The van der Waals surface area contributed by atoms with E-state index in [0.29, 0.717) is 38.2 Å². The third-order valence-electron chi connectivity index (χ3n) is 7.40. The highest BCUT2D eigenvalue weighted by Crippen LogP contribution is 2.37. The smallest absolute Gasteiger partial charge is 0.258 e. The summed E-state index contributed by atoms with van der Waals surface area (Å²) in [4.78, 5) is 14.3. The SMILES string of the molecule is COC[C@@H](Oc1nc(Nc2cc(C)[nH]n2)nc(N2CCOCC2CO[Si](C)(C)C(C)(C)C)c1F)c1ncc(F)cc1F. The van der Waals surface area contributed by atoms with E-state index in [1.807, 2.05) is 6.92 Å². The van der Waals surface area contributed by atoms with E-state index in [9.17, 15) is 8.78 Å². The Balaban J connectivity index is 1.72. The number of aromatic nitrogens is 5. The molecule has 0 radical (unpaired) electrons. The second-order valence-electron chi connectivity index (χ2n) is 11.6. The Morgan fingerprint density at radius 3 is 2.62 bits per heavy atom. The largest absolute Gasteiger partial charge is 0.463 e. The Morgan fingerprint density at radius 2 is 1.98 bits per heavy atom. The lowest BCUT2D eigenvalue weighted by atomic mass is 10.2. The van der Waals surface area contributed by atoms with Crippen molar-refractivity contribution in [2.24, 2.45) is 0 Å². The number of morpholine rings is 1. The molecule has 1 aliphatic rings. The zero-order valence-electron chi connectivity index (χ0n) is 24.9. The molecule has 0 aromatic carbocycles. The number of rotatable bonds is 11. The molecule has 42 heavy (non-hydrogen) atoms. The van der Waals surface area contributed by atoms with Crippen molar-refractivity contribution >= 4 is 25.9 Å². The van der Waals surface area contributed by atoms with E-state index in [0.717, 1.165) is 11.9 Å². The molecule has 4 rings (SSSR count). The minimum absolute atomic E-state index is 0.00726. The molecule has 2 N–H and O–H groups in total. The number of H-pyrrole nitrogens is 1. The average Bonchev–Trinajstić information content (AvgIpc) is 3.33. The highest BCUT2D eigenvalue weighted by molar-refractivity contribution is 6.74. The Kier molecular flexibility index (Phi) is 9.75. The van der Waals surface area contributed by atoms with Crippen molar-refractivity contribution in [3.8, 4) is 5.88 Å². The van der Waals surface area contributed by atoms with Gasteiger partial charge in [0.15, 0.2) is 31.9 Å². The first-order chi connectivity index (χ1) is 19.8. The number of hydrogen-bond donors (Lipinski definition) is 2. The average molecular weight is 610 g/mol. The molecule has 0 aliphatic carbocycles. The Morgan fingerprint density at radius 1 is 1.21 bits per heavy atom. The number of hydrogen-bond acceptors (Lipinski definition) is 10. The van der Waals surface area contributed by atoms with Crippen LogP contribution in [0.25, 0.3) is 0 Å². The van der Waals surface area contributed by atoms with E-state index in [1.165, 1.54) is 7.11 Å². The summed E-state index contributed by atoms with van der Waals surface area (Å²) in [5, 5.41) is 9.90. The Labute approximate surface area is 244 Å². The van der Waals surface area contributed by atoms with Gasteiger partial charge >= 0.3 is 0 Å². The summed E-state index contributed by atoms with van der Waals surface area (Å²) < 4.78 is 67.7. The second kappa shape index (κ2) is 12.9. The number of anilines is 3. The van der Waals surface area contributed by atoms with Gasteiger partial charge in [-0.2, -0.15) is 19.5 Å². The third kappa shape index (κ3) is 7.38. The maximum atomic E-state index is 16.3. The van der Waals surface area contributed by atoms with Crippen LogP contribution in [-0.2, 0) is 13.9 Å². The fourth-order valence-corrected chi connectivity index (χ4v) is 5.09.